The minimum absolute atomic E-state index is 0.114. The van der Waals surface area contributed by atoms with Crippen molar-refractivity contribution in [2.45, 2.75) is 40.2 Å². The molecule has 0 atom stereocenters. The Morgan fingerprint density at radius 2 is 2.27 bits per heavy atom. The van der Waals surface area contributed by atoms with Gasteiger partial charge < -0.3 is 9.88 Å². The van der Waals surface area contributed by atoms with Gasteiger partial charge in [0.15, 0.2) is 0 Å². The Kier molecular flexibility index (Phi) is 4.34. The fourth-order valence-corrected chi connectivity index (χ4v) is 1.34. The first-order valence-corrected chi connectivity index (χ1v) is 5.40. The molecule has 0 unspecified atom stereocenters. The molecule has 0 bridgehead atoms. The Bertz CT molecular complexity index is 331. The molecule has 15 heavy (non-hydrogen) atoms. The number of carbonyl (C=O) groups excluding carboxylic acids is 1. The van der Waals surface area contributed by atoms with Crippen LogP contribution in [0.25, 0.3) is 0 Å². The fraction of sp³-hybridized carbons (Fsp3) is 0.636. The molecule has 0 spiro atoms. The summed E-state index contributed by atoms with van der Waals surface area (Å²) >= 11 is 0. The first-order chi connectivity index (χ1) is 7.15. The van der Waals surface area contributed by atoms with Crippen molar-refractivity contribution in [2.75, 3.05) is 6.54 Å². The molecule has 0 saturated carbocycles. The summed E-state index contributed by atoms with van der Waals surface area (Å²) in [6.45, 7) is 7.52. The SMILES string of the molecule is CCCNC(=O)CCn1cnc(C)c1C. The molecular formula is C11H19N3O. The lowest BCUT2D eigenvalue weighted by atomic mass is 10.3. The molecule has 1 rings (SSSR count). The molecule has 1 heterocycles. The van der Waals surface area contributed by atoms with E-state index in [1.807, 2.05) is 25.3 Å². The van der Waals surface area contributed by atoms with E-state index in [9.17, 15) is 4.79 Å². The Balaban J connectivity index is 2.37. The number of rotatable bonds is 5. The molecular weight excluding hydrogens is 190 g/mol. The number of hydrogen-bond acceptors (Lipinski definition) is 2. The van der Waals surface area contributed by atoms with Crippen molar-refractivity contribution in [3.05, 3.63) is 17.7 Å². The highest BCUT2D eigenvalue weighted by Gasteiger charge is 2.04. The Morgan fingerprint density at radius 1 is 1.53 bits per heavy atom. The molecule has 0 aliphatic carbocycles. The number of aromatic nitrogens is 2. The van der Waals surface area contributed by atoms with Gasteiger partial charge in [0.1, 0.15) is 0 Å². The van der Waals surface area contributed by atoms with E-state index in [4.69, 9.17) is 0 Å². The number of nitrogens with one attached hydrogen (secondary N) is 1. The zero-order valence-corrected chi connectivity index (χ0v) is 9.71. The minimum atomic E-state index is 0.114. The molecule has 1 N–H and O–H groups in total. The summed E-state index contributed by atoms with van der Waals surface area (Å²) in [5, 5.41) is 2.86. The highest BCUT2D eigenvalue weighted by Crippen LogP contribution is 2.04. The summed E-state index contributed by atoms with van der Waals surface area (Å²) < 4.78 is 2.01. The molecule has 0 fully saturated rings. The molecule has 0 radical (unpaired) electrons. The van der Waals surface area contributed by atoms with E-state index in [-0.39, 0.29) is 5.91 Å². The van der Waals surface area contributed by atoms with Gasteiger partial charge >= 0.3 is 0 Å². The maximum absolute atomic E-state index is 11.3. The predicted molar refractivity (Wildman–Crippen MR) is 59.6 cm³/mol. The van der Waals surface area contributed by atoms with Crippen LogP contribution in [-0.2, 0) is 11.3 Å². The second-order valence-corrected chi connectivity index (χ2v) is 3.71. The molecule has 0 aliphatic heterocycles. The molecule has 84 valence electrons. The van der Waals surface area contributed by atoms with Crippen LogP contribution in [0.2, 0.25) is 0 Å². The zero-order chi connectivity index (χ0) is 11.3. The lowest BCUT2D eigenvalue weighted by molar-refractivity contribution is -0.121. The van der Waals surface area contributed by atoms with E-state index in [1.54, 1.807) is 6.33 Å². The smallest absolute Gasteiger partial charge is 0.221 e. The van der Waals surface area contributed by atoms with Crippen molar-refractivity contribution in [1.29, 1.82) is 0 Å². The van der Waals surface area contributed by atoms with Crippen molar-refractivity contribution in [2.24, 2.45) is 0 Å². The van der Waals surface area contributed by atoms with Crippen LogP contribution in [0.15, 0.2) is 6.33 Å². The number of amides is 1. The van der Waals surface area contributed by atoms with Gasteiger partial charge in [-0.05, 0) is 20.3 Å². The third kappa shape index (κ3) is 3.38. The van der Waals surface area contributed by atoms with Crippen LogP contribution in [0, 0.1) is 13.8 Å². The summed E-state index contributed by atoms with van der Waals surface area (Å²) in [5.41, 5.74) is 2.17. The minimum Gasteiger partial charge on any atom is -0.356 e. The predicted octanol–water partition coefficient (Wildman–Crippen LogP) is 1.42. The Morgan fingerprint density at radius 3 is 2.80 bits per heavy atom. The first-order valence-electron chi connectivity index (χ1n) is 5.40. The largest absolute Gasteiger partial charge is 0.356 e. The van der Waals surface area contributed by atoms with Crippen molar-refractivity contribution in [3.8, 4) is 0 Å². The van der Waals surface area contributed by atoms with Gasteiger partial charge in [0, 0.05) is 25.2 Å². The lowest BCUT2D eigenvalue weighted by Crippen LogP contribution is -2.25. The summed E-state index contributed by atoms with van der Waals surface area (Å²) in [4.78, 5) is 15.5. The fourth-order valence-electron chi connectivity index (χ4n) is 1.34. The van der Waals surface area contributed by atoms with Gasteiger partial charge in [-0.2, -0.15) is 0 Å². The van der Waals surface area contributed by atoms with Crippen LogP contribution in [-0.4, -0.2) is 22.0 Å². The molecule has 4 heteroatoms. The normalized spacial score (nSPS) is 10.3. The molecule has 1 amide bonds. The molecule has 4 nitrogen and oxygen atoms in total. The van der Waals surface area contributed by atoms with Crippen LogP contribution in [0.4, 0.5) is 0 Å². The van der Waals surface area contributed by atoms with Crippen LogP contribution < -0.4 is 5.32 Å². The highest BCUT2D eigenvalue weighted by molar-refractivity contribution is 5.75. The quantitative estimate of drug-likeness (QED) is 0.797. The highest BCUT2D eigenvalue weighted by atomic mass is 16.1. The summed E-state index contributed by atoms with van der Waals surface area (Å²) in [7, 11) is 0. The van der Waals surface area contributed by atoms with Crippen LogP contribution in [0.3, 0.4) is 0 Å². The van der Waals surface area contributed by atoms with Gasteiger partial charge in [0.2, 0.25) is 5.91 Å². The van der Waals surface area contributed by atoms with Gasteiger partial charge in [0.25, 0.3) is 0 Å². The first kappa shape index (κ1) is 11.8. The third-order valence-electron chi connectivity index (χ3n) is 2.50. The van der Waals surface area contributed by atoms with Gasteiger partial charge in [-0.15, -0.1) is 0 Å². The molecule has 0 saturated heterocycles. The second kappa shape index (κ2) is 5.53. The number of carbonyl (C=O) groups is 1. The maximum Gasteiger partial charge on any atom is 0.221 e. The average molecular weight is 209 g/mol. The summed E-state index contributed by atoms with van der Waals surface area (Å²) in [5.74, 6) is 0.114. The van der Waals surface area contributed by atoms with E-state index in [0.29, 0.717) is 13.0 Å². The number of imidazole rings is 1. The van der Waals surface area contributed by atoms with E-state index in [1.165, 1.54) is 0 Å². The summed E-state index contributed by atoms with van der Waals surface area (Å²) in [6, 6.07) is 0. The standard InChI is InChI=1S/C11H19N3O/c1-4-6-12-11(15)5-7-14-8-13-9(2)10(14)3/h8H,4-7H2,1-3H3,(H,12,15). The van der Waals surface area contributed by atoms with Crippen molar-refractivity contribution < 1.29 is 4.79 Å². The number of nitrogens with zero attached hydrogens (tertiary/aromatic N) is 2. The molecule has 1 aromatic heterocycles. The summed E-state index contributed by atoms with van der Waals surface area (Å²) in [6.07, 6.45) is 3.29. The molecule has 0 aliphatic rings. The van der Waals surface area contributed by atoms with Gasteiger partial charge in [-0.1, -0.05) is 6.92 Å². The number of hydrogen-bond donors (Lipinski definition) is 1. The van der Waals surface area contributed by atoms with Crippen molar-refractivity contribution >= 4 is 5.91 Å². The molecule has 1 aromatic rings. The zero-order valence-electron chi connectivity index (χ0n) is 9.71. The van der Waals surface area contributed by atoms with Crippen LogP contribution >= 0.6 is 0 Å². The average Bonchev–Trinajstić information content (AvgIpc) is 2.54. The Labute approximate surface area is 90.7 Å². The van der Waals surface area contributed by atoms with E-state index < -0.39 is 0 Å². The monoisotopic (exact) mass is 209 g/mol. The van der Waals surface area contributed by atoms with Crippen molar-refractivity contribution in [3.63, 3.8) is 0 Å². The Hall–Kier alpha value is -1.32. The van der Waals surface area contributed by atoms with E-state index in [2.05, 4.69) is 10.3 Å². The number of aryl methyl sites for hydroxylation is 2. The van der Waals surface area contributed by atoms with Gasteiger partial charge in [-0.25, -0.2) is 4.98 Å². The van der Waals surface area contributed by atoms with Crippen molar-refractivity contribution in [1.82, 2.24) is 14.9 Å². The topological polar surface area (TPSA) is 46.9 Å². The maximum atomic E-state index is 11.3. The van der Waals surface area contributed by atoms with E-state index in [0.717, 1.165) is 24.4 Å². The van der Waals surface area contributed by atoms with Gasteiger partial charge in [0.05, 0.1) is 12.0 Å². The van der Waals surface area contributed by atoms with E-state index >= 15 is 0 Å². The lowest BCUT2D eigenvalue weighted by Gasteiger charge is -2.06. The van der Waals surface area contributed by atoms with Gasteiger partial charge in [-0.3, -0.25) is 4.79 Å². The van der Waals surface area contributed by atoms with Crippen LogP contribution in [0.1, 0.15) is 31.2 Å². The third-order valence-corrected chi connectivity index (χ3v) is 2.50. The second-order valence-electron chi connectivity index (χ2n) is 3.71. The molecule has 0 aromatic carbocycles. The van der Waals surface area contributed by atoms with Crippen LogP contribution in [0.5, 0.6) is 0 Å².